The molecule has 1 saturated carbocycles. The molecule has 1 aliphatic heterocycles. The lowest BCUT2D eigenvalue weighted by molar-refractivity contribution is 0.102. The third-order valence-electron chi connectivity index (χ3n) is 4.74. The minimum absolute atomic E-state index is 0.0250. The van der Waals surface area contributed by atoms with Crippen molar-refractivity contribution in [3.8, 4) is 0 Å². The Bertz CT molecular complexity index is 604. The SMILES string of the molecule is CCS(=O)(=O)N1CC(c2nc(CCOCC3CCCC3)no2)C1. The van der Waals surface area contributed by atoms with Crippen molar-refractivity contribution in [3.05, 3.63) is 11.7 Å². The van der Waals surface area contributed by atoms with Crippen LogP contribution in [0.1, 0.15) is 50.2 Å². The van der Waals surface area contributed by atoms with Crippen LogP contribution in [0.5, 0.6) is 0 Å². The molecule has 23 heavy (non-hydrogen) atoms. The highest BCUT2D eigenvalue weighted by Gasteiger charge is 2.38. The monoisotopic (exact) mass is 343 g/mol. The van der Waals surface area contributed by atoms with Gasteiger partial charge < -0.3 is 9.26 Å². The van der Waals surface area contributed by atoms with Gasteiger partial charge in [-0.15, -0.1) is 0 Å². The number of aromatic nitrogens is 2. The average molecular weight is 343 g/mol. The van der Waals surface area contributed by atoms with Gasteiger partial charge in [-0.1, -0.05) is 18.0 Å². The lowest BCUT2D eigenvalue weighted by Crippen LogP contribution is -2.49. The number of nitrogens with zero attached hydrogens (tertiary/aromatic N) is 3. The molecular weight excluding hydrogens is 318 g/mol. The molecule has 0 unspecified atom stereocenters. The van der Waals surface area contributed by atoms with E-state index >= 15 is 0 Å². The molecular formula is C15H25N3O4S. The molecule has 2 heterocycles. The first-order valence-corrected chi connectivity index (χ1v) is 10.1. The van der Waals surface area contributed by atoms with E-state index in [9.17, 15) is 8.42 Å². The van der Waals surface area contributed by atoms with Crippen LogP contribution in [0.25, 0.3) is 0 Å². The normalized spacial score (nSPS) is 20.9. The number of hydrogen-bond acceptors (Lipinski definition) is 6. The number of ether oxygens (including phenoxy) is 1. The lowest BCUT2D eigenvalue weighted by atomic mass is 10.0. The molecule has 0 aromatic carbocycles. The standard InChI is InChI=1S/C15H25N3O4S/c1-2-23(19,20)18-9-13(10-18)15-16-14(17-22-15)7-8-21-11-12-5-3-4-6-12/h12-13H,2-11H2,1H3. The third kappa shape index (κ3) is 4.10. The molecule has 7 nitrogen and oxygen atoms in total. The van der Waals surface area contributed by atoms with E-state index < -0.39 is 10.0 Å². The summed E-state index contributed by atoms with van der Waals surface area (Å²) in [5.74, 6) is 2.06. The molecule has 2 fully saturated rings. The predicted octanol–water partition coefficient (Wildman–Crippen LogP) is 1.57. The molecule has 1 aliphatic carbocycles. The summed E-state index contributed by atoms with van der Waals surface area (Å²) < 4.78 is 35.8. The zero-order chi connectivity index (χ0) is 16.3. The highest BCUT2D eigenvalue weighted by Crippen LogP contribution is 2.28. The van der Waals surface area contributed by atoms with E-state index in [0.29, 0.717) is 37.8 Å². The fourth-order valence-corrected chi connectivity index (χ4v) is 4.31. The first-order chi connectivity index (χ1) is 11.1. The second kappa shape index (κ2) is 7.27. The maximum atomic E-state index is 11.7. The van der Waals surface area contributed by atoms with Crippen LogP contribution in [0.2, 0.25) is 0 Å². The van der Waals surface area contributed by atoms with Crippen molar-refractivity contribution in [1.29, 1.82) is 0 Å². The molecule has 0 N–H and O–H groups in total. The van der Waals surface area contributed by atoms with Gasteiger partial charge in [0.1, 0.15) is 0 Å². The van der Waals surface area contributed by atoms with Crippen LogP contribution in [-0.2, 0) is 21.2 Å². The fraction of sp³-hybridized carbons (Fsp3) is 0.867. The van der Waals surface area contributed by atoms with E-state index in [1.807, 2.05) is 0 Å². The Morgan fingerprint density at radius 2 is 2.04 bits per heavy atom. The second-order valence-corrected chi connectivity index (χ2v) is 8.70. The zero-order valence-corrected chi connectivity index (χ0v) is 14.4. The van der Waals surface area contributed by atoms with Gasteiger partial charge in [-0.25, -0.2) is 12.7 Å². The molecule has 8 heteroatoms. The van der Waals surface area contributed by atoms with E-state index in [2.05, 4.69) is 10.1 Å². The van der Waals surface area contributed by atoms with E-state index in [0.717, 1.165) is 12.5 Å². The molecule has 130 valence electrons. The fourth-order valence-electron chi connectivity index (χ4n) is 3.13. The predicted molar refractivity (Wildman–Crippen MR) is 84.6 cm³/mol. The van der Waals surface area contributed by atoms with Crippen molar-refractivity contribution < 1.29 is 17.7 Å². The van der Waals surface area contributed by atoms with E-state index in [1.54, 1.807) is 6.92 Å². The van der Waals surface area contributed by atoms with Crippen LogP contribution >= 0.6 is 0 Å². The van der Waals surface area contributed by atoms with E-state index in [1.165, 1.54) is 30.0 Å². The van der Waals surface area contributed by atoms with Gasteiger partial charge in [0.2, 0.25) is 15.9 Å². The van der Waals surface area contributed by atoms with Crippen LogP contribution in [0.4, 0.5) is 0 Å². The molecule has 0 radical (unpaired) electrons. The Labute approximate surface area is 137 Å². The second-order valence-electron chi connectivity index (χ2n) is 6.44. The largest absolute Gasteiger partial charge is 0.381 e. The van der Waals surface area contributed by atoms with Gasteiger partial charge in [0.05, 0.1) is 18.3 Å². The van der Waals surface area contributed by atoms with Gasteiger partial charge in [-0.2, -0.15) is 4.98 Å². The minimum atomic E-state index is -3.10. The molecule has 1 aromatic rings. The first kappa shape index (κ1) is 16.9. The third-order valence-corrected chi connectivity index (χ3v) is 6.55. The Balaban J connectivity index is 1.39. The molecule has 0 spiro atoms. The molecule has 0 bridgehead atoms. The lowest BCUT2D eigenvalue weighted by Gasteiger charge is -2.35. The number of rotatable bonds is 8. The number of hydrogen-bond donors (Lipinski definition) is 0. The van der Waals surface area contributed by atoms with E-state index in [-0.39, 0.29) is 11.7 Å². The quantitative estimate of drug-likeness (QED) is 0.666. The van der Waals surface area contributed by atoms with Crippen molar-refractivity contribution in [2.24, 2.45) is 5.92 Å². The minimum Gasteiger partial charge on any atom is -0.381 e. The molecule has 0 atom stereocenters. The van der Waals surface area contributed by atoms with Crippen molar-refractivity contribution in [2.45, 2.75) is 44.9 Å². The highest BCUT2D eigenvalue weighted by atomic mass is 32.2. The van der Waals surface area contributed by atoms with Crippen LogP contribution in [0.3, 0.4) is 0 Å². The summed E-state index contributed by atoms with van der Waals surface area (Å²) in [6.07, 6.45) is 5.86. The van der Waals surface area contributed by atoms with Crippen molar-refractivity contribution in [1.82, 2.24) is 14.4 Å². The molecule has 1 saturated heterocycles. The van der Waals surface area contributed by atoms with Crippen molar-refractivity contribution >= 4 is 10.0 Å². The molecule has 2 aliphatic rings. The van der Waals surface area contributed by atoms with Gasteiger partial charge >= 0.3 is 0 Å². The molecule has 1 aromatic heterocycles. The van der Waals surface area contributed by atoms with Gasteiger partial charge in [0.25, 0.3) is 0 Å². The summed E-state index contributed by atoms with van der Waals surface area (Å²) in [6.45, 7) is 3.97. The Morgan fingerprint density at radius 3 is 2.74 bits per heavy atom. The van der Waals surface area contributed by atoms with E-state index in [4.69, 9.17) is 9.26 Å². The molecule has 0 amide bonds. The van der Waals surface area contributed by atoms with Crippen LogP contribution in [-0.4, -0.2) is 54.9 Å². The maximum Gasteiger partial charge on any atom is 0.232 e. The van der Waals surface area contributed by atoms with Crippen LogP contribution < -0.4 is 0 Å². The highest BCUT2D eigenvalue weighted by molar-refractivity contribution is 7.89. The average Bonchev–Trinajstić information content (AvgIpc) is 3.13. The smallest absolute Gasteiger partial charge is 0.232 e. The summed E-state index contributed by atoms with van der Waals surface area (Å²) in [7, 11) is -3.10. The van der Waals surface area contributed by atoms with Crippen LogP contribution in [0, 0.1) is 5.92 Å². The molecule has 3 rings (SSSR count). The summed E-state index contributed by atoms with van der Waals surface area (Å²) in [6, 6.07) is 0. The van der Waals surface area contributed by atoms with Gasteiger partial charge in [-0.3, -0.25) is 0 Å². The summed E-state index contributed by atoms with van der Waals surface area (Å²) in [5, 5.41) is 3.96. The van der Waals surface area contributed by atoms with Crippen molar-refractivity contribution in [2.75, 3.05) is 32.1 Å². The summed E-state index contributed by atoms with van der Waals surface area (Å²) in [5.41, 5.74) is 0. The van der Waals surface area contributed by atoms with Gasteiger partial charge in [0.15, 0.2) is 5.82 Å². The van der Waals surface area contributed by atoms with Crippen LogP contribution in [0.15, 0.2) is 4.52 Å². The zero-order valence-electron chi connectivity index (χ0n) is 13.6. The van der Waals surface area contributed by atoms with Gasteiger partial charge in [0, 0.05) is 26.1 Å². The first-order valence-electron chi connectivity index (χ1n) is 8.46. The number of sulfonamides is 1. The Hall–Kier alpha value is -0.990. The van der Waals surface area contributed by atoms with Gasteiger partial charge in [-0.05, 0) is 25.7 Å². The summed E-state index contributed by atoms with van der Waals surface area (Å²) >= 11 is 0. The summed E-state index contributed by atoms with van der Waals surface area (Å²) in [4.78, 5) is 4.36. The Morgan fingerprint density at radius 1 is 1.30 bits per heavy atom. The Kier molecular flexibility index (Phi) is 5.33. The topological polar surface area (TPSA) is 85.5 Å². The van der Waals surface area contributed by atoms with Crippen molar-refractivity contribution in [3.63, 3.8) is 0 Å². The maximum absolute atomic E-state index is 11.7.